The highest BCUT2D eigenvalue weighted by Crippen LogP contribution is 2.40. The molecule has 4 saturated heterocycles. The summed E-state index contributed by atoms with van der Waals surface area (Å²) < 4.78 is 45.5. The van der Waals surface area contributed by atoms with Crippen LogP contribution >= 0.6 is 0 Å². The molecule has 0 bridgehead atoms. The summed E-state index contributed by atoms with van der Waals surface area (Å²) in [5.74, 6) is -4.72. The molecule has 0 aromatic heterocycles. The van der Waals surface area contributed by atoms with Gasteiger partial charge >= 0.3 is 23.9 Å². The van der Waals surface area contributed by atoms with Crippen molar-refractivity contribution < 1.29 is 57.1 Å². The molecule has 270 valence electrons. The van der Waals surface area contributed by atoms with E-state index in [2.05, 4.69) is 0 Å². The van der Waals surface area contributed by atoms with Crippen LogP contribution in [-0.2, 0) is 57.1 Å². The lowest BCUT2D eigenvalue weighted by Gasteiger charge is -2.29. The average molecular weight is 679 g/mol. The minimum atomic E-state index is -1.27. The summed E-state index contributed by atoms with van der Waals surface area (Å²) in [5, 5.41) is 0. The van der Waals surface area contributed by atoms with Gasteiger partial charge in [-0.15, -0.1) is 0 Å². The van der Waals surface area contributed by atoms with E-state index < -0.39 is 48.6 Å². The van der Waals surface area contributed by atoms with Crippen LogP contribution in [0.5, 0.6) is 0 Å². The van der Waals surface area contributed by atoms with Crippen molar-refractivity contribution in [3.63, 3.8) is 0 Å². The zero-order valence-corrected chi connectivity index (χ0v) is 28.6. The minimum Gasteiger partial charge on any atom is -0.465 e. The molecule has 12 heteroatoms. The maximum absolute atomic E-state index is 13.8. The number of epoxide rings is 2. The molecule has 4 heterocycles. The highest BCUT2D eigenvalue weighted by Gasteiger charge is 2.46. The maximum atomic E-state index is 13.8. The third kappa shape index (κ3) is 10.4. The SMILES string of the molecule is CC1CCC(COC(=O)CC(C(=O)OCC2CCC3OC3C2)C(CC(=O)OCC2CCC3OC3C2)C(=O)OCC2CCOC(C)C2)CO1. The molecule has 0 aromatic rings. The Balaban J connectivity index is 1.11. The maximum Gasteiger partial charge on any atom is 0.310 e. The highest BCUT2D eigenvalue weighted by atomic mass is 16.6. The fourth-order valence-electron chi connectivity index (χ4n) is 7.88. The van der Waals surface area contributed by atoms with E-state index in [1.807, 2.05) is 13.8 Å². The van der Waals surface area contributed by atoms with Gasteiger partial charge in [0.15, 0.2) is 0 Å². The molecular formula is C36H54O12. The van der Waals surface area contributed by atoms with Gasteiger partial charge in [-0.2, -0.15) is 0 Å². The van der Waals surface area contributed by atoms with Crippen molar-refractivity contribution in [1.29, 1.82) is 0 Å². The lowest BCUT2D eigenvalue weighted by Crippen LogP contribution is -2.38. The number of carbonyl (C=O) groups is 4. The molecule has 12 atom stereocenters. The van der Waals surface area contributed by atoms with Gasteiger partial charge in [-0.3, -0.25) is 19.2 Å². The van der Waals surface area contributed by atoms with E-state index in [0.29, 0.717) is 25.4 Å². The third-order valence-corrected chi connectivity index (χ3v) is 11.2. The van der Waals surface area contributed by atoms with E-state index in [1.165, 1.54) is 0 Å². The molecule has 12 unspecified atom stereocenters. The van der Waals surface area contributed by atoms with Crippen LogP contribution in [0.15, 0.2) is 0 Å². The topological polar surface area (TPSA) is 149 Å². The van der Waals surface area contributed by atoms with Crippen molar-refractivity contribution in [2.45, 2.75) is 128 Å². The molecule has 2 saturated carbocycles. The Morgan fingerprint density at radius 2 is 1.04 bits per heavy atom. The van der Waals surface area contributed by atoms with E-state index in [9.17, 15) is 19.2 Å². The first-order valence-corrected chi connectivity index (χ1v) is 18.4. The van der Waals surface area contributed by atoms with Crippen LogP contribution in [0.2, 0.25) is 0 Å². The van der Waals surface area contributed by atoms with Crippen LogP contribution in [0.25, 0.3) is 0 Å². The summed E-state index contributed by atoms with van der Waals surface area (Å²) >= 11 is 0. The second kappa shape index (κ2) is 16.6. The van der Waals surface area contributed by atoms with Gasteiger partial charge in [0.25, 0.3) is 0 Å². The van der Waals surface area contributed by atoms with Gasteiger partial charge in [0.2, 0.25) is 0 Å². The van der Waals surface area contributed by atoms with Crippen LogP contribution < -0.4 is 0 Å². The lowest BCUT2D eigenvalue weighted by molar-refractivity contribution is -0.170. The number of carbonyl (C=O) groups excluding carboxylic acids is 4. The fraction of sp³-hybridized carbons (Fsp3) is 0.889. The third-order valence-electron chi connectivity index (χ3n) is 11.2. The van der Waals surface area contributed by atoms with Crippen LogP contribution in [0.3, 0.4) is 0 Å². The zero-order chi connectivity index (χ0) is 33.6. The van der Waals surface area contributed by atoms with Gasteiger partial charge in [0.1, 0.15) is 0 Å². The summed E-state index contributed by atoms with van der Waals surface area (Å²) in [7, 11) is 0. The highest BCUT2D eigenvalue weighted by molar-refractivity contribution is 5.88. The number of esters is 4. The predicted molar refractivity (Wildman–Crippen MR) is 168 cm³/mol. The Labute approximate surface area is 283 Å². The number of hydrogen-bond acceptors (Lipinski definition) is 12. The summed E-state index contributed by atoms with van der Waals surface area (Å²) in [4.78, 5) is 54.2. The number of hydrogen-bond donors (Lipinski definition) is 0. The summed E-state index contributed by atoms with van der Waals surface area (Å²) in [5.41, 5.74) is 0. The van der Waals surface area contributed by atoms with Crippen LogP contribution in [0.1, 0.15) is 90.9 Å². The predicted octanol–water partition coefficient (Wildman–Crippen LogP) is 3.94. The van der Waals surface area contributed by atoms with Crippen molar-refractivity contribution in [1.82, 2.24) is 0 Å². The van der Waals surface area contributed by atoms with E-state index >= 15 is 0 Å². The smallest absolute Gasteiger partial charge is 0.310 e. The average Bonchev–Trinajstić information content (AvgIpc) is 4.01. The minimum absolute atomic E-state index is 0.0516. The first-order chi connectivity index (χ1) is 23.2. The van der Waals surface area contributed by atoms with Gasteiger partial charge in [0.05, 0.1) is 94.3 Å². The van der Waals surface area contributed by atoms with Crippen LogP contribution in [-0.4, -0.2) is 100 Å². The Morgan fingerprint density at radius 1 is 0.542 bits per heavy atom. The molecule has 6 aliphatic rings. The fourth-order valence-corrected chi connectivity index (χ4v) is 7.88. The molecular weight excluding hydrogens is 624 g/mol. The second-order valence-electron chi connectivity index (χ2n) is 15.2. The van der Waals surface area contributed by atoms with Gasteiger partial charge in [-0.1, -0.05) is 0 Å². The number of ether oxygens (including phenoxy) is 8. The van der Waals surface area contributed by atoms with Crippen molar-refractivity contribution >= 4 is 23.9 Å². The molecule has 0 amide bonds. The first kappa shape index (κ1) is 35.5. The van der Waals surface area contributed by atoms with Gasteiger partial charge in [0, 0.05) is 12.5 Å². The van der Waals surface area contributed by atoms with E-state index in [1.54, 1.807) is 0 Å². The molecule has 6 rings (SSSR count). The van der Waals surface area contributed by atoms with E-state index in [4.69, 9.17) is 37.9 Å². The molecule has 4 aliphatic heterocycles. The molecule has 48 heavy (non-hydrogen) atoms. The number of rotatable bonds is 15. The summed E-state index contributed by atoms with van der Waals surface area (Å²) in [6.45, 7) is 5.74. The van der Waals surface area contributed by atoms with Crippen LogP contribution in [0, 0.1) is 35.5 Å². The normalized spacial score (nSPS) is 36.7. The molecule has 0 radical (unpaired) electrons. The van der Waals surface area contributed by atoms with Crippen molar-refractivity contribution in [3.05, 3.63) is 0 Å². The Hall–Kier alpha value is -2.28. The molecule has 0 N–H and O–H groups in total. The Morgan fingerprint density at radius 3 is 1.54 bits per heavy atom. The zero-order valence-electron chi connectivity index (χ0n) is 28.6. The van der Waals surface area contributed by atoms with Crippen molar-refractivity contribution in [2.75, 3.05) is 39.6 Å². The monoisotopic (exact) mass is 678 g/mol. The van der Waals surface area contributed by atoms with Gasteiger partial charge < -0.3 is 37.9 Å². The molecule has 0 aromatic carbocycles. The van der Waals surface area contributed by atoms with Crippen molar-refractivity contribution in [2.24, 2.45) is 35.5 Å². The summed E-state index contributed by atoms with van der Waals surface area (Å²) in [6, 6.07) is 0. The molecule has 6 fully saturated rings. The molecule has 2 aliphatic carbocycles. The van der Waals surface area contributed by atoms with Crippen molar-refractivity contribution in [3.8, 4) is 0 Å². The quantitative estimate of drug-likeness (QED) is 0.140. The second-order valence-corrected chi connectivity index (χ2v) is 15.2. The van der Waals surface area contributed by atoms with Gasteiger partial charge in [-0.25, -0.2) is 0 Å². The van der Waals surface area contributed by atoms with E-state index in [0.717, 1.165) is 64.2 Å². The standard InChI is InChI=1S/C36H54O12/c1-21-3-4-26(19-42-21)20-44-34(38)15-28(35(39)45-17-24-6-8-30-32(13-24)48-30)27(36(40)46-18-25-9-10-41-22(2)11-25)14-33(37)43-16-23-5-7-29-31(12-23)47-29/h21-32H,3-20H2,1-2H3. The number of fused-ring (bicyclic) bond motifs is 2. The Bertz CT molecular complexity index is 1120. The first-order valence-electron chi connectivity index (χ1n) is 18.4. The van der Waals surface area contributed by atoms with Crippen LogP contribution in [0.4, 0.5) is 0 Å². The lowest BCUT2D eigenvalue weighted by atomic mass is 9.86. The molecule has 12 nitrogen and oxygen atoms in total. The van der Waals surface area contributed by atoms with E-state index in [-0.39, 0.29) is 74.5 Å². The summed E-state index contributed by atoms with van der Waals surface area (Å²) in [6.07, 6.45) is 9.04. The largest absolute Gasteiger partial charge is 0.465 e. The Kier molecular flexibility index (Phi) is 12.3. The van der Waals surface area contributed by atoms with Gasteiger partial charge in [-0.05, 0) is 95.8 Å². The molecule has 0 spiro atoms.